The summed E-state index contributed by atoms with van der Waals surface area (Å²) in [6, 6.07) is 8.07. The molecule has 4 rings (SSSR count). The van der Waals surface area contributed by atoms with Crippen molar-refractivity contribution in [3.05, 3.63) is 34.9 Å². The molecule has 2 bridgehead atoms. The fourth-order valence-corrected chi connectivity index (χ4v) is 5.31. The summed E-state index contributed by atoms with van der Waals surface area (Å²) in [6.45, 7) is 3.56. The molecular weight excluding hydrogens is 230 g/mol. The van der Waals surface area contributed by atoms with E-state index < -0.39 is 0 Å². The van der Waals surface area contributed by atoms with Crippen molar-refractivity contribution in [1.82, 2.24) is 4.90 Å². The number of aryl methyl sites for hydroxylation is 1. The third-order valence-corrected chi connectivity index (χ3v) is 6.27. The summed E-state index contributed by atoms with van der Waals surface area (Å²) in [7, 11) is 2.35. The molecule has 1 heteroatoms. The van der Waals surface area contributed by atoms with E-state index in [-0.39, 0.29) is 0 Å². The summed E-state index contributed by atoms with van der Waals surface area (Å²) in [5.74, 6) is 0.925. The molecule has 2 fully saturated rings. The summed E-state index contributed by atoms with van der Waals surface area (Å²) in [5.41, 5.74) is 5.38. The summed E-state index contributed by atoms with van der Waals surface area (Å²) in [5, 5.41) is 0. The Morgan fingerprint density at radius 2 is 2.11 bits per heavy atom. The fourth-order valence-electron chi connectivity index (χ4n) is 5.31. The van der Waals surface area contributed by atoms with Crippen LogP contribution in [0.4, 0.5) is 0 Å². The van der Waals surface area contributed by atoms with Crippen molar-refractivity contribution in [1.29, 1.82) is 0 Å². The zero-order valence-electron chi connectivity index (χ0n) is 12.3. The molecule has 102 valence electrons. The number of hydrogen-bond donors (Lipinski definition) is 0. The second kappa shape index (κ2) is 4.09. The quantitative estimate of drug-likeness (QED) is 0.683. The first-order valence-electron chi connectivity index (χ1n) is 8.01. The van der Waals surface area contributed by atoms with E-state index in [2.05, 4.69) is 37.1 Å². The van der Waals surface area contributed by atoms with E-state index in [1.807, 2.05) is 0 Å². The highest BCUT2D eigenvalue weighted by Crippen LogP contribution is 2.55. The van der Waals surface area contributed by atoms with Crippen LogP contribution in [-0.4, -0.2) is 24.5 Å². The van der Waals surface area contributed by atoms with Gasteiger partial charge in [-0.2, -0.15) is 0 Å². The van der Waals surface area contributed by atoms with Crippen molar-refractivity contribution in [2.45, 2.75) is 56.9 Å². The van der Waals surface area contributed by atoms with Crippen LogP contribution in [0.1, 0.15) is 48.8 Å². The van der Waals surface area contributed by atoms with Crippen molar-refractivity contribution in [2.75, 3.05) is 13.6 Å². The third-order valence-electron chi connectivity index (χ3n) is 6.27. The Morgan fingerprint density at radius 1 is 1.21 bits per heavy atom. The summed E-state index contributed by atoms with van der Waals surface area (Å²) >= 11 is 0. The van der Waals surface area contributed by atoms with Gasteiger partial charge in [0, 0.05) is 11.5 Å². The maximum Gasteiger partial charge on any atom is 0.0169 e. The number of nitrogens with zero attached hydrogens (tertiary/aromatic N) is 1. The Morgan fingerprint density at radius 3 is 3.00 bits per heavy atom. The van der Waals surface area contributed by atoms with Gasteiger partial charge in [0.05, 0.1) is 0 Å². The van der Waals surface area contributed by atoms with Gasteiger partial charge in [-0.3, -0.25) is 0 Å². The smallest absolute Gasteiger partial charge is 0.0169 e. The lowest BCUT2D eigenvalue weighted by molar-refractivity contribution is 0.00283. The summed E-state index contributed by atoms with van der Waals surface area (Å²) in [6.07, 6.45) is 8.48. The van der Waals surface area contributed by atoms with Crippen LogP contribution >= 0.6 is 0 Å². The predicted octanol–water partition coefficient (Wildman–Crippen LogP) is 3.68. The minimum absolute atomic E-state index is 0.537. The van der Waals surface area contributed by atoms with E-state index in [9.17, 15) is 0 Å². The van der Waals surface area contributed by atoms with Crippen molar-refractivity contribution >= 4 is 0 Å². The number of rotatable bonds is 0. The van der Waals surface area contributed by atoms with E-state index >= 15 is 0 Å². The Labute approximate surface area is 117 Å². The summed E-state index contributed by atoms with van der Waals surface area (Å²) < 4.78 is 0. The highest BCUT2D eigenvalue weighted by Gasteiger charge is 2.52. The minimum Gasteiger partial charge on any atom is -0.303 e. The number of fused-ring (bicyclic) bond motifs is 1. The standard InChI is InChI=1S/C18H25N/c1-13-6-7-14-12-17-15-5-3-4-8-18(15,16(14)11-13)9-10-19(17)2/h6-7,11,15,17H,3-5,8-10,12H2,1-2H3/t15-,17+,18+/m1/s1. The fraction of sp³-hybridized carbons (Fsp3) is 0.667. The first-order chi connectivity index (χ1) is 9.21. The van der Waals surface area contributed by atoms with Gasteiger partial charge in [-0.1, -0.05) is 36.6 Å². The van der Waals surface area contributed by atoms with Crippen LogP contribution in [0.3, 0.4) is 0 Å². The number of likely N-dealkylation sites (tertiary alicyclic amines) is 1. The number of hydrogen-bond acceptors (Lipinski definition) is 1. The molecular formula is C18H25N. The number of likely N-dealkylation sites (N-methyl/N-ethyl adjacent to an activating group) is 1. The summed E-state index contributed by atoms with van der Waals surface area (Å²) in [4.78, 5) is 2.65. The molecule has 1 nitrogen and oxygen atoms in total. The Kier molecular flexibility index (Phi) is 2.57. The zero-order valence-corrected chi connectivity index (χ0v) is 12.3. The first kappa shape index (κ1) is 12.0. The van der Waals surface area contributed by atoms with Gasteiger partial charge in [0.15, 0.2) is 0 Å². The maximum absolute atomic E-state index is 2.65. The van der Waals surface area contributed by atoms with Gasteiger partial charge >= 0.3 is 0 Å². The van der Waals surface area contributed by atoms with Crippen LogP contribution in [0.25, 0.3) is 0 Å². The number of benzene rings is 1. The first-order valence-corrected chi connectivity index (χ1v) is 8.01. The monoisotopic (exact) mass is 255 g/mol. The largest absolute Gasteiger partial charge is 0.303 e. The van der Waals surface area contributed by atoms with E-state index in [0.717, 1.165) is 12.0 Å². The van der Waals surface area contributed by atoms with Gasteiger partial charge in [0.2, 0.25) is 0 Å². The van der Waals surface area contributed by atoms with E-state index in [0.29, 0.717) is 5.41 Å². The van der Waals surface area contributed by atoms with Gasteiger partial charge in [-0.15, -0.1) is 0 Å². The zero-order chi connectivity index (χ0) is 13.0. The van der Waals surface area contributed by atoms with Crippen molar-refractivity contribution in [3.8, 4) is 0 Å². The maximum atomic E-state index is 2.65. The highest BCUT2D eigenvalue weighted by atomic mass is 15.1. The molecule has 1 heterocycles. The molecule has 0 N–H and O–H groups in total. The van der Waals surface area contributed by atoms with Gasteiger partial charge in [0.1, 0.15) is 0 Å². The second-order valence-corrected chi connectivity index (χ2v) is 7.17. The van der Waals surface area contributed by atoms with E-state index in [1.165, 1.54) is 50.6 Å². The molecule has 0 aromatic heterocycles. The van der Waals surface area contributed by atoms with Gasteiger partial charge in [-0.25, -0.2) is 0 Å². The molecule has 1 aromatic rings. The lowest BCUT2D eigenvalue weighted by Gasteiger charge is -2.58. The lowest BCUT2D eigenvalue weighted by Crippen LogP contribution is -2.59. The Balaban J connectivity index is 1.90. The predicted molar refractivity (Wildman–Crippen MR) is 79.6 cm³/mol. The molecule has 0 amide bonds. The van der Waals surface area contributed by atoms with Crippen LogP contribution in [0.15, 0.2) is 18.2 Å². The van der Waals surface area contributed by atoms with Crippen LogP contribution in [0, 0.1) is 12.8 Å². The number of piperidine rings is 1. The van der Waals surface area contributed by atoms with Crippen LogP contribution in [0.5, 0.6) is 0 Å². The molecule has 3 atom stereocenters. The second-order valence-electron chi connectivity index (χ2n) is 7.17. The van der Waals surface area contributed by atoms with Crippen molar-refractivity contribution in [2.24, 2.45) is 5.92 Å². The van der Waals surface area contributed by atoms with Crippen molar-refractivity contribution in [3.63, 3.8) is 0 Å². The van der Waals surface area contributed by atoms with E-state index in [4.69, 9.17) is 0 Å². The third kappa shape index (κ3) is 1.57. The van der Waals surface area contributed by atoms with Crippen LogP contribution < -0.4 is 0 Å². The van der Waals surface area contributed by atoms with Gasteiger partial charge < -0.3 is 4.90 Å². The van der Waals surface area contributed by atoms with Crippen LogP contribution in [-0.2, 0) is 11.8 Å². The molecule has 2 aliphatic carbocycles. The highest BCUT2D eigenvalue weighted by molar-refractivity contribution is 5.43. The molecule has 0 unspecified atom stereocenters. The molecule has 1 aromatic carbocycles. The average Bonchev–Trinajstić information content (AvgIpc) is 2.43. The Bertz CT molecular complexity index is 506. The topological polar surface area (TPSA) is 3.24 Å². The molecule has 19 heavy (non-hydrogen) atoms. The average molecular weight is 255 g/mol. The molecule has 1 saturated carbocycles. The SMILES string of the molecule is Cc1ccc2c(c1)[C@]13CCCC[C@@H]1[C@H](C2)N(C)CC3. The normalized spacial score (nSPS) is 37.6. The molecule has 1 saturated heterocycles. The molecule has 0 radical (unpaired) electrons. The molecule has 3 aliphatic rings. The van der Waals surface area contributed by atoms with Gasteiger partial charge in [-0.05, 0) is 63.2 Å². The molecule has 0 spiro atoms. The lowest BCUT2D eigenvalue weighted by atomic mass is 9.52. The Hall–Kier alpha value is -0.820. The van der Waals surface area contributed by atoms with Gasteiger partial charge in [0.25, 0.3) is 0 Å². The van der Waals surface area contributed by atoms with Crippen molar-refractivity contribution < 1.29 is 0 Å². The minimum atomic E-state index is 0.537. The van der Waals surface area contributed by atoms with Crippen LogP contribution in [0.2, 0.25) is 0 Å². The van der Waals surface area contributed by atoms with E-state index in [1.54, 1.807) is 11.1 Å². The molecule has 1 aliphatic heterocycles.